The fourth-order valence-electron chi connectivity index (χ4n) is 2.81. The van der Waals surface area contributed by atoms with Crippen molar-refractivity contribution in [3.8, 4) is 11.4 Å². The van der Waals surface area contributed by atoms with E-state index in [0.717, 1.165) is 25.9 Å². The molecule has 0 radical (unpaired) electrons. The smallest absolute Gasteiger partial charge is 0.221 e. The Kier molecular flexibility index (Phi) is 4.85. The summed E-state index contributed by atoms with van der Waals surface area (Å²) in [5.74, 6) is 0.193. The highest BCUT2D eigenvalue weighted by Crippen LogP contribution is 2.35. The molecule has 1 atom stereocenters. The van der Waals surface area contributed by atoms with Crippen LogP contribution in [0.15, 0.2) is 34.4 Å². The van der Waals surface area contributed by atoms with Crippen LogP contribution in [0, 0.1) is 0 Å². The Hall–Kier alpha value is -2.43. The number of nitrogens with zero attached hydrogens (tertiary/aromatic N) is 6. The molecule has 4 rings (SSSR count). The van der Waals surface area contributed by atoms with Crippen LogP contribution in [-0.4, -0.2) is 41.2 Å². The van der Waals surface area contributed by atoms with Gasteiger partial charge in [-0.25, -0.2) is 14.6 Å². The van der Waals surface area contributed by atoms with Crippen molar-refractivity contribution in [3.63, 3.8) is 0 Å². The summed E-state index contributed by atoms with van der Waals surface area (Å²) in [5, 5.41) is 19.9. The Morgan fingerprint density at radius 2 is 2.22 bits per heavy atom. The van der Waals surface area contributed by atoms with Crippen molar-refractivity contribution < 1.29 is 5.11 Å². The van der Waals surface area contributed by atoms with Crippen molar-refractivity contribution in [3.05, 3.63) is 45.6 Å². The van der Waals surface area contributed by atoms with Crippen LogP contribution in [0.5, 0.6) is 0 Å². The first-order valence-corrected chi connectivity index (χ1v) is 9.89. The van der Waals surface area contributed by atoms with Gasteiger partial charge in [0.2, 0.25) is 5.95 Å². The third-order valence-corrected chi connectivity index (χ3v) is 5.79. The molecule has 0 aromatic carbocycles. The average molecular weight is 446 g/mol. The number of aliphatic hydroxyl groups is 1. The molecule has 4 aromatic heterocycles. The minimum Gasteiger partial charge on any atom is -0.393 e. The van der Waals surface area contributed by atoms with Crippen molar-refractivity contribution >= 4 is 43.4 Å². The molecule has 0 aliphatic carbocycles. The topological polar surface area (TPSA) is 116 Å². The standard InChI is InChI=1S/C17H16BrN7OS/c1-9(26)4-10-2-3-20-11(5-10)6-25-7-13(23-24-25)15-16-14(12(18)8-27-16)21-17(19)22-15/h2-3,5,7-9,26H,4,6H2,1H3,(H2,19,21,22). The van der Waals surface area contributed by atoms with Gasteiger partial charge in [0.15, 0.2) is 0 Å². The molecule has 27 heavy (non-hydrogen) atoms. The maximum absolute atomic E-state index is 9.55. The van der Waals surface area contributed by atoms with Crippen LogP contribution in [0.2, 0.25) is 0 Å². The summed E-state index contributed by atoms with van der Waals surface area (Å²) in [4.78, 5) is 13.0. The van der Waals surface area contributed by atoms with E-state index in [0.29, 0.717) is 24.4 Å². The monoisotopic (exact) mass is 445 g/mol. The lowest BCUT2D eigenvalue weighted by Crippen LogP contribution is -2.07. The second kappa shape index (κ2) is 7.29. The molecule has 0 spiro atoms. The van der Waals surface area contributed by atoms with Crippen molar-refractivity contribution in [1.82, 2.24) is 29.9 Å². The zero-order valence-corrected chi connectivity index (χ0v) is 16.8. The van der Waals surface area contributed by atoms with Gasteiger partial charge in [0.05, 0.1) is 33.7 Å². The fourth-order valence-corrected chi connectivity index (χ4v) is 4.37. The Morgan fingerprint density at radius 1 is 1.37 bits per heavy atom. The highest BCUT2D eigenvalue weighted by atomic mass is 79.9. The van der Waals surface area contributed by atoms with E-state index < -0.39 is 6.10 Å². The number of hydrogen-bond donors (Lipinski definition) is 2. The number of hydrogen-bond acceptors (Lipinski definition) is 8. The number of anilines is 1. The molecule has 0 aliphatic heterocycles. The molecule has 0 amide bonds. The summed E-state index contributed by atoms with van der Waals surface area (Å²) in [6.07, 6.45) is 3.75. The van der Waals surface area contributed by atoms with Crippen LogP contribution < -0.4 is 5.73 Å². The molecule has 0 saturated heterocycles. The predicted octanol–water partition coefficient (Wildman–Crippen LogP) is 2.66. The van der Waals surface area contributed by atoms with E-state index in [4.69, 9.17) is 5.73 Å². The van der Waals surface area contributed by atoms with Gasteiger partial charge in [-0.2, -0.15) is 0 Å². The quantitative estimate of drug-likeness (QED) is 0.484. The molecule has 0 fully saturated rings. The summed E-state index contributed by atoms with van der Waals surface area (Å²) in [6.45, 7) is 2.24. The number of aliphatic hydroxyl groups excluding tert-OH is 1. The molecule has 3 N–H and O–H groups in total. The SMILES string of the molecule is CC(O)Cc1ccnc(Cn2cc(-c3nc(N)nc4c(Br)csc34)nn2)c1. The molecule has 0 saturated carbocycles. The van der Waals surface area contributed by atoms with E-state index in [-0.39, 0.29) is 5.95 Å². The lowest BCUT2D eigenvalue weighted by Gasteiger charge is -2.06. The summed E-state index contributed by atoms with van der Waals surface area (Å²) < 4.78 is 3.49. The van der Waals surface area contributed by atoms with Gasteiger partial charge in [-0.1, -0.05) is 5.21 Å². The van der Waals surface area contributed by atoms with E-state index in [1.807, 2.05) is 23.7 Å². The van der Waals surface area contributed by atoms with Gasteiger partial charge in [-0.05, 0) is 47.0 Å². The van der Waals surface area contributed by atoms with Gasteiger partial charge in [-0.15, -0.1) is 16.4 Å². The number of halogens is 1. The summed E-state index contributed by atoms with van der Waals surface area (Å²) in [5.41, 5.74) is 9.79. The zero-order chi connectivity index (χ0) is 19.0. The molecule has 0 bridgehead atoms. The van der Waals surface area contributed by atoms with Crippen LogP contribution in [0.25, 0.3) is 21.6 Å². The number of aromatic nitrogens is 6. The van der Waals surface area contributed by atoms with Crippen LogP contribution in [-0.2, 0) is 13.0 Å². The maximum Gasteiger partial charge on any atom is 0.221 e. The maximum atomic E-state index is 9.55. The molecular weight excluding hydrogens is 430 g/mol. The van der Waals surface area contributed by atoms with E-state index >= 15 is 0 Å². The predicted molar refractivity (Wildman–Crippen MR) is 107 cm³/mol. The normalized spacial score (nSPS) is 12.6. The zero-order valence-electron chi connectivity index (χ0n) is 14.4. The first kappa shape index (κ1) is 18.0. The summed E-state index contributed by atoms with van der Waals surface area (Å²) in [7, 11) is 0. The van der Waals surface area contributed by atoms with Crippen LogP contribution >= 0.6 is 27.3 Å². The first-order chi connectivity index (χ1) is 13.0. The van der Waals surface area contributed by atoms with Crippen LogP contribution in [0.4, 0.5) is 5.95 Å². The minimum atomic E-state index is -0.394. The molecule has 4 aromatic rings. The second-order valence-corrected chi connectivity index (χ2v) is 7.94. The van der Waals surface area contributed by atoms with E-state index in [9.17, 15) is 5.11 Å². The van der Waals surface area contributed by atoms with Crippen molar-refractivity contribution in [2.75, 3.05) is 5.73 Å². The van der Waals surface area contributed by atoms with E-state index in [1.165, 1.54) is 11.3 Å². The Morgan fingerprint density at radius 3 is 3.04 bits per heavy atom. The summed E-state index contributed by atoms with van der Waals surface area (Å²) >= 11 is 5.00. The second-order valence-electron chi connectivity index (χ2n) is 6.20. The van der Waals surface area contributed by atoms with Gasteiger partial charge in [0, 0.05) is 11.6 Å². The molecule has 1 unspecified atom stereocenters. The lowest BCUT2D eigenvalue weighted by molar-refractivity contribution is 0.195. The Balaban J connectivity index is 1.63. The van der Waals surface area contributed by atoms with E-state index in [1.54, 1.807) is 17.8 Å². The first-order valence-electron chi connectivity index (χ1n) is 8.22. The molecule has 4 heterocycles. The van der Waals surface area contributed by atoms with Crippen molar-refractivity contribution in [2.45, 2.75) is 26.0 Å². The van der Waals surface area contributed by atoms with Gasteiger partial charge in [0.25, 0.3) is 0 Å². The highest BCUT2D eigenvalue weighted by Gasteiger charge is 2.16. The number of fused-ring (bicyclic) bond motifs is 1. The molecule has 0 aliphatic rings. The van der Waals surface area contributed by atoms with Crippen molar-refractivity contribution in [1.29, 1.82) is 0 Å². The number of rotatable bonds is 5. The third-order valence-electron chi connectivity index (χ3n) is 3.91. The van der Waals surface area contributed by atoms with Crippen LogP contribution in [0.1, 0.15) is 18.2 Å². The van der Waals surface area contributed by atoms with Crippen molar-refractivity contribution in [2.24, 2.45) is 0 Å². The summed E-state index contributed by atoms with van der Waals surface area (Å²) in [6, 6.07) is 3.86. The third kappa shape index (κ3) is 3.82. The van der Waals surface area contributed by atoms with Gasteiger partial charge in [0.1, 0.15) is 16.9 Å². The van der Waals surface area contributed by atoms with Gasteiger partial charge < -0.3 is 10.8 Å². The largest absolute Gasteiger partial charge is 0.393 e. The average Bonchev–Trinajstić information content (AvgIpc) is 3.21. The lowest BCUT2D eigenvalue weighted by atomic mass is 10.1. The number of nitrogen functional groups attached to an aromatic ring is 1. The minimum absolute atomic E-state index is 0.193. The molecule has 138 valence electrons. The van der Waals surface area contributed by atoms with Gasteiger partial charge in [-0.3, -0.25) is 4.98 Å². The number of thiophene rings is 1. The number of pyridine rings is 1. The molecule has 10 heteroatoms. The van der Waals surface area contributed by atoms with Gasteiger partial charge >= 0.3 is 0 Å². The van der Waals surface area contributed by atoms with Crippen LogP contribution in [0.3, 0.4) is 0 Å². The Bertz CT molecular complexity index is 1110. The molecule has 8 nitrogen and oxygen atoms in total. The Labute approximate surface area is 167 Å². The molecular formula is C17H16BrN7OS. The fraction of sp³-hybridized carbons (Fsp3) is 0.235. The highest BCUT2D eigenvalue weighted by molar-refractivity contribution is 9.10. The number of nitrogens with two attached hydrogens (primary N) is 1. The van der Waals surface area contributed by atoms with E-state index in [2.05, 4.69) is 41.2 Å².